The van der Waals surface area contributed by atoms with E-state index in [4.69, 9.17) is 26.5 Å². The smallest absolute Gasteiger partial charge is 0.212 e. The van der Waals surface area contributed by atoms with Gasteiger partial charge in [-0.3, -0.25) is 19.9 Å². The van der Waals surface area contributed by atoms with Crippen molar-refractivity contribution in [2.45, 2.75) is 0 Å². The molecule has 0 spiro atoms. The maximum atomic E-state index is 15.9. The Balaban J connectivity index is 0.900. The van der Waals surface area contributed by atoms with Gasteiger partial charge in [0.1, 0.15) is 11.6 Å². The molecule has 0 bridgehead atoms. The summed E-state index contributed by atoms with van der Waals surface area (Å²) in [4.78, 5) is 23.9. The number of hydrogen-bond donors (Lipinski definition) is 0. The molecule has 0 saturated heterocycles. The summed E-state index contributed by atoms with van der Waals surface area (Å²) in [5, 5.41) is 3.73. The fourth-order valence-electron chi connectivity index (χ4n) is 12.6. The summed E-state index contributed by atoms with van der Waals surface area (Å²) in [6, 6.07) is 89.8. The maximum Gasteiger partial charge on any atom is 0.212 e. The summed E-state index contributed by atoms with van der Waals surface area (Å²) >= 11 is 0. The Labute approximate surface area is 517 Å². The zero-order chi connectivity index (χ0) is 60.2. The normalized spacial score (nSPS) is 11.4. The average molecular weight is 1160 g/mol. The largest absolute Gasteiger partial charge is 0.319 e. The van der Waals surface area contributed by atoms with Crippen molar-refractivity contribution in [2.75, 3.05) is 0 Å². The van der Waals surface area contributed by atoms with Crippen molar-refractivity contribution in [2.24, 2.45) is 0 Å². The lowest BCUT2D eigenvalue weighted by Gasteiger charge is -2.19. The molecule has 7 nitrogen and oxygen atoms in total. The van der Waals surface area contributed by atoms with Crippen LogP contribution in [0.1, 0.15) is 0 Å². The van der Waals surface area contributed by atoms with Crippen molar-refractivity contribution in [3.8, 4) is 112 Å². The number of nitrogens with zero attached hydrogens (tertiary/aromatic N) is 7. The molecule has 0 N–H and O–H groups in total. The van der Waals surface area contributed by atoms with Gasteiger partial charge in [0.15, 0.2) is 0 Å². The van der Waals surface area contributed by atoms with E-state index in [1.54, 1.807) is 0 Å². The highest BCUT2D eigenvalue weighted by molar-refractivity contribution is 6.14. The molecule has 6 aromatic heterocycles. The molecule has 9 heteroatoms. The molecule has 0 amide bonds. The van der Waals surface area contributed by atoms with Crippen LogP contribution in [0.2, 0.25) is 0 Å². The number of rotatable bonds is 11. The predicted molar refractivity (Wildman–Crippen MR) is 361 cm³/mol. The van der Waals surface area contributed by atoms with E-state index >= 15 is 8.78 Å². The first-order valence-electron chi connectivity index (χ1n) is 29.6. The molecule has 0 aliphatic rings. The minimum Gasteiger partial charge on any atom is -0.319 e. The fourth-order valence-corrected chi connectivity index (χ4v) is 12.6. The number of halogens is 2. The van der Waals surface area contributed by atoms with Gasteiger partial charge in [-0.15, -0.1) is 0 Å². The molecule has 0 fully saturated rings. The molecule has 16 aromatic rings. The van der Waals surface area contributed by atoms with Gasteiger partial charge in [0, 0.05) is 108 Å². The Kier molecular flexibility index (Phi) is 13.2. The Morgan fingerprint density at radius 2 is 0.567 bits per heavy atom. The van der Waals surface area contributed by atoms with Crippen molar-refractivity contribution >= 4 is 49.3 Å². The zero-order valence-corrected chi connectivity index (χ0v) is 48.2. The van der Waals surface area contributed by atoms with Crippen LogP contribution in [0.4, 0.5) is 14.5 Å². The summed E-state index contributed by atoms with van der Waals surface area (Å²) in [6.07, 6.45) is 7.63. The number of fused-ring (bicyclic) bond motifs is 6. The van der Waals surface area contributed by atoms with E-state index in [0.717, 1.165) is 139 Å². The quantitative estimate of drug-likeness (QED) is 0.121. The van der Waals surface area contributed by atoms with Crippen LogP contribution in [-0.4, -0.2) is 29.1 Å². The third-order valence-electron chi connectivity index (χ3n) is 17.1. The molecular formula is C81H49F2N7. The monoisotopic (exact) mass is 1160 g/mol. The Bertz CT molecular complexity index is 5150. The van der Waals surface area contributed by atoms with Gasteiger partial charge in [-0.1, -0.05) is 170 Å². The molecule has 0 radical (unpaired) electrons. The molecule has 422 valence electrons. The van der Waals surface area contributed by atoms with E-state index in [-0.39, 0.29) is 0 Å². The molecule has 6 heterocycles. The Hall–Kier alpha value is -12.3. The van der Waals surface area contributed by atoms with Crippen LogP contribution in [0.5, 0.6) is 0 Å². The van der Waals surface area contributed by atoms with Crippen molar-refractivity contribution in [1.82, 2.24) is 29.1 Å². The summed E-state index contributed by atoms with van der Waals surface area (Å²) in [5.41, 5.74) is 20.8. The first kappa shape index (κ1) is 53.2. The SMILES string of the molecule is [C-]#[N+]c1cc(-n2c3ccc(-c4ccc(-c5ccccc5)nc4)cc3c3cc(-c4ccc(-c5ccccc5)nc4)ccc32)c(-c2cc(F)cc(F)c2)cc1-n1c2ccc(-c3ccc(-c4ccccc4)nc3)cc2c2cc(-c3ccc(-c4ccccc4)nc3)ccc21. The highest BCUT2D eigenvalue weighted by Gasteiger charge is 2.24. The van der Waals surface area contributed by atoms with Crippen LogP contribution >= 0.6 is 0 Å². The van der Waals surface area contributed by atoms with Crippen molar-refractivity contribution in [3.63, 3.8) is 0 Å². The second-order valence-corrected chi connectivity index (χ2v) is 22.4. The van der Waals surface area contributed by atoms with E-state index in [0.29, 0.717) is 28.2 Å². The van der Waals surface area contributed by atoms with E-state index in [9.17, 15) is 0 Å². The summed E-state index contributed by atoms with van der Waals surface area (Å²) in [7, 11) is 0. The van der Waals surface area contributed by atoms with Crippen LogP contribution in [0.25, 0.3) is 160 Å². The lowest BCUT2D eigenvalue weighted by molar-refractivity contribution is 0.584. The minimum absolute atomic E-state index is 0.306. The third kappa shape index (κ3) is 9.62. The van der Waals surface area contributed by atoms with Crippen molar-refractivity contribution < 1.29 is 8.78 Å². The van der Waals surface area contributed by atoms with Gasteiger partial charge in [-0.2, -0.15) is 0 Å². The summed E-state index contributed by atoms with van der Waals surface area (Å²) in [5.74, 6) is -1.45. The second kappa shape index (κ2) is 22.2. The fraction of sp³-hybridized carbons (Fsp3) is 0. The topological polar surface area (TPSA) is 65.8 Å². The first-order chi connectivity index (χ1) is 44.3. The molecular weight excluding hydrogens is 1110 g/mol. The zero-order valence-electron chi connectivity index (χ0n) is 48.2. The van der Waals surface area contributed by atoms with E-state index < -0.39 is 11.6 Å². The standard InChI is InChI=1S/C81H49F2N7/c1-84-75-46-80(89-76-34-26-55(59-22-30-71(85-47-59)51-14-6-2-7-15-51)40-67(76)68-41-56(27-35-77(68)89)60-23-31-72(86-48-60)52-16-8-3-9-17-52)66(63-38-64(82)44-65(83)39-63)45-81(75)90-78-36-28-57(61-24-32-73(87-49-61)53-18-10-4-11-19-53)42-69(78)70-43-58(29-37-79(70)90)62-25-33-74(88-50-62)54-20-12-5-13-21-54/h2-50H. The lowest BCUT2D eigenvalue weighted by atomic mass is 10.00. The number of aromatic nitrogens is 6. The van der Waals surface area contributed by atoms with Gasteiger partial charge >= 0.3 is 0 Å². The third-order valence-corrected chi connectivity index (χ3v) is 17.1. The predicted octanol–water partition coefficient (Wildman–Crippen LogP) is 21.3. The van der Waals surface area contributed by atoms with Gasteiger partial charge < -0.3 is 9.13 Å². The van der Waals surface area contributed by atoms with Crippen LogP contribution in [-0.2, 0) is 0 Å². The van der Waals surface area contributed by atoms with Gasteiger partial charge in [-0.05, 0) is 125 Å². The first-order valence-corrected chi connectivity index (χ1v) is 29.6. The molecule has 0 aliphatic carbocycles. The maximum absolute atomic E-state index is 15.9. The highest BCUT2D eigenvalue weighted by atomic mass is 19.1. The average Bonchev–Trinajstić information content (AvgIpc) is 1.60. The summed E-state index contributed by atoms with van der Waals surface area (Å²) < 4.78 is 36.1. The van der Waals surface area contributed by atoms with E-state index in [2.05, 4.69) is 135 Å². The van der Waals surface area contributed by atoms with Gasteiger partial charge in [0.05, 0.1) is 57.1 Å². The van der Waals surface area contributed by atoms with Crippen LogP contribution in [0.15, 0.2) is 298 Å². The highest BCUT2D eigenvalue weighted by Crippen LogP contribution is 2.46. The van der Waals surface area contributed by atoms with Crippen molar-refractivity contribution in [1.29, 1.82) is 0 Å². The Morgan fingerprint density at radius 1 is 0.267 bits per heavy atom. The molecule has 10 aromatic carbocycles. The van der Waals surface area contributed by atoms with E-state index in [1.165, 1.54) is 12.1 Å². The van der Waals surface area contributed by atoms with Crippen LogP contribution < -0.4 is 0 Å². The van der Waals surface area contributed by atoms with E-state index in [1.807, 2.05) is 158 Å². The molecule has 0 atom stereocenters. The molecule has 90 heavy (non-hydrogen) atoms. The van der Waals surface area contributed by atoms with Gasteiger partial charge in [0.2, 0.25) is 5.69 Å². The van der Waals surface area contributed by atoms with Crippen molar-refractivity contribution in [3.05, 3.63) is 321 Å². The molecule has 0 unspecified atom stereocenters. The number of pyridine rings is 4. The minimum atomic E-state index is -0.725. The van der Waals surface area contributed by atoms with Crippen LogP contribution in [0, 0.1) is 18.2 Å². The lowest BCUT2D eigenvalue weighted by Crippen LogP contribution is -2.02. The second-order valence-electron chi connectivity index (χ2n) is 22.4. The Morgan fingerprint density at radius 3 is 0.856 bits per heavy atom. The number of benzene rings is 10. The molecule has 0 aliphatic heterocycles. The van der Waals surface area contributed by atoms with Crippen LogP contribution in [0.3, 0.4) is 0 Å². The number of hydrogen-bond acceptors (Lipinski definition) is 4. The molecule has 16 rings (SSSR count). The summed E-state index contributed by atoms with van der Waals surface area (Å²) in [6.45, 7) is 9.09. The van der Waals surface area contributed by atoms with Gasteiger partial charge in [-0.25, -0.2) is 13.6 Å². The molecule has 0 saturated carbocycles. The van der Waals surface area contributed by atoms with Gasteiger partial charge in [0.25, 0.3) is 0 Å².